The van der Waals surface area contributed by atoms with Crippen LogP contribution >= 0.6 is 0 Å². The number of nitrogens with zero attached hydrogens (tertiary/aromatic N) is 1. The summed E-state index contributed by atoms with van der Waals surface area (Å²) < 4.78 is 0. The number of hydrogen-bond acceptors (Lipinski definition) is 3. The summed E-state index contributed by atoms with van der Waals surface area (Å²) in [5.74, 6) is 0.171. The maximum absolute atomic E-state index is 9.47. The van der Waals surface area contributed by atoms with Crippen LogP contribution in [0.3, 0.4) is 0 Å². The van der Waals surface area contributed by atoms with Crippen molar-refractivity contribution >= 4 is 0 Å². The van der Waals surface area contributed by atoms with E-state index in [1.54, 1.807) is 0 Å². The van der Waals surface area contributed by atoms with Crippen LogP contribution in [0.1, 0.15) is 46.0 Å². The molecule has 0 aliphatic heterocycles. The second kappa shape index (κ2) is 6.22. The molecule has 0 spiro atoms. The zero-order chi connectivity index (χ0) is 12.0. The smallest absolute Gasteiger partial charge is 0.0672 e. The van der Waals surface area contributed by atoms with Gasteiger partial charge in [0.25, 0.3) is 0 Å². The van der Waals surface area contributed by atoms with Gasteiger partial charge in [-0.05, 0) is 25.7 Å². The van der Waals surface area contributed by atoms with Crippen molar-refractivity contribution in [3.63, 3.8) is 0 Å². The molecule has 1 aliphatic rings. The lowest BCUT2D eigenvalue weighted by Gasteiger charge is -2.31. The van der Waals surface area contributed by atoms with Crippen molar-refractivity contribution in [3.8, 4) is 6.07 Å². The number of rotatable bonds is 6. The first-order chi connectivity index (χ1) is 7.71. The highest BCUT2D eigenvalue weighted by molar-refractivity contribution is 4.97. The van der Waals surface area contributed by atoms with E-state index in [2.05, 4.69) is 25.2 Å². The van der Waals surface area contributed by atoms with Gasteiger partial charge in [0.15, 0.2) is 0 Å². The SMILES string of the molecule is CCC(CC)(CO)CNC1CCCC1C#N. The number of nitrogens with one attached hydrogen (secondary N) is 1. The van der Waals surface area contributed by atoms with Crippen LogP contribution in [-0.2, 0) is 0 Å². The number of aliphatic hydroxyl groups excluding tert-OH is 1. The summed E-state index contributed by atoms with van der Waals surface area (Å²) >= 11 is 0. The minimum Gasteiger partial charge on any atom is -0.396 e. The fraction of sp³-hybridized carbons (Fsp3) is 0.923. The minimum atomic E-state index is 0.00258. The van der Waals surface area contributed by atoms with Crippen LogP contribution in [0.2, 0.25) is 0 Å². The quantitative estimate of drug-likeness (QED) is 0.726. The molecular weight excluding hydrogens is 200 g/mol. The highest BCUT2D eigenvalue weighted by Gasteiger charge is 2.31. The van der Waals surface area contributed by atoms with Crippen LogP contribution in [0.4, 0.5) is 0 Å². The van der Waals surface area contributed by atoms with Crippen molar-refractivity contribution in [1.29, 1.82) is 5.26 Å². The molecule has 0 amide bonds. The van der Waals surface area contributed by atoms with Crippen molar-refractivity contribution < 1.29 is 5.11 Å². The zero-order valence-corrected chi connectivity index (χ0v) is 10.5. The largest absolute Gasteiger partial charge is 0.396 e. The average Bonchev–Trinajstić information content (AvgIpc) is 2.79. The molecule has 1 fully saturated rings. The number of nitriles is 1. The van der Waals surface area contributed by atoms with Crippen molar-refractivity contribution in [3.05, 3.63) is 0 Å². The Kier molecular flexibility index (Phi) is 5.24. The average molecular weight is 224 g/mol. The molecule has 16 heavy (non-hydrogen) atoms. The second-order valence-corrected chi connectivity index (χ2v) is 5.02. The predicted octanol–water partition coefficient (Wildman–Crippen LogP) is 2.07. The summed E-state index contributed by atoms with van der Waals surface area (Å²) in [6, 6.07) is 2.72. The van der Waals surface area contributed by atoms with Crippen molar-refractivity contribution in [2.45, 2.75) is 52.0 Å². The first-order valence-electron chi connectivity index (χ1n) is 6.45. The molecule has 0 bridgehead atoms. The minimum absolute atomic E-state index is 0.00258. The Hall–Kier alpha value is -0.590. The summed E-state index contributed by atoms with van der Waals surface area (Å²) in [5.41, 5.74) is 0.00258. The Morgan fingerprint density at radius 1 is 1.38 bits per heavy atom. The normalized spacial score (nSPS) is 25.6. The standard InChI is InChI=1S/C13H24N2O/c1-3-13(4-2,10-16)9-15-12-7-5-6-11(12)8-14/h11-12,15-16H,3-7,9-10H2,1-2H3. The van der Waals surface area contributed by atoms with Crippen LogP contribution < -0.4 is 5.32 Å². The molecule has 2 atom stereocenters. The van der Waals surface area contributed by atoms with Gasteiger partial charge in [0.1, 0.15) is 0 Å². The summed E-state index contributed by atoms with van der Waals surface area (Å²) in [6.07, 6.45) is 5.25. The Balaban J connectivity index is 2.46. The lowest BCUT2D eigenvalue weighted by atomic mass is 9.83. The summed E-state index contributed by atoms with van der Waals surface area (Å²) in [5, 5.41) is 22.0. The summed E-state index contributed by atoms with van der Waals surface area (Å²) in [7, 11) is 0. The van der Waals surface area contributed by atoms with Gasteiger partial charge in [0.2, 0.25) is 0 Å². The summed E-state index contributed by atoms with van der Waals surface area (Å²) in [6.45, 7) is 5.31. The third kappa shape index (κ3) is 2.96. The van der Waals surface area contributed by atoms with Gasteiger partial charge >= 0.3 is 0 Å². The molecule has 0 aromatic carbocycles. The van der Waals surface area contributed by atoms with Gasteiger partial charge in [-0.25, -0.2) is 0 Å². The van der Waals surface area contributed by atoms with E-state index >= 15 is 0 Å². The second-order valence-electron chi connectivity index (χ2n) is 5.02. The van der Waals surface area contributed by atoms with Crippen LogP contribution in [0.5, 0.6) is 0 Å². The summed E-state index contributed by atoms with van der Waals surface area (Å²) in [4.78, 5) is 0. The van der Waals surface area contributed by atoms with Gasteiger partial charge in [-0.3, -0.25) is 0 Å². The van der Waals surface area contributed by atoms with E-state index < -0.39 is 0 Å². The van der Waals surface area contributed by atoms with Gasteiger partial charge < -0.3 is 10.4 Å². The van der Waals surface area contributed by atoms with E-state index in [-0.39, 0.29) is 17.9 Å². The van der Waals surface area contributed by atoms with E-state index in [4.69, 9.17) is 5.26 Å². The van der Waals surface area contributed by atoms with E-state index in [9.17, 15) is 5.11 Å². The van der Waals surface area contributed by atoms with Crippen LogP contribution in [-0.4, -0.2) is 24.3 Å². The van der Waals surface area contributed by atoms with E-state index in [0.717, 1.165) is 38.6 Å². The molecule has 3 heteroatoms. The molecule has 1 aliphatic carbocycles. The molecule has 0 radical (unpaired) electrons. The van der Waals surface area contributed by atoms with Crippen molar-refractivity contribution in [2.24, 2.45) is 11.3 Å². The van der Waals surface area contributed by atoms with Crippen molar-refractivity contribution in [2.75, 3.05) is 13.2 Å². The van der Waals surface area contributed by atoms with Gasteiger partial charge in [-0.2, -0.15) is 5.26 Å². The number of aliphatic hydroxyl groups is 1. The molecule has 3 nitrogen and oxygen atoms in total. The van der Waals surface area contributed by atoms with Gasteiger partial charge in [-0.1, -0.05) is 20.3 Å². The maximum Gasteiger partial charge on any atom is 0.0672 e. The first kappa shape index (κ1) is 13.5. The lowest BCUT2D eigenvalue weighted by Crippen LogP contribution is -2.42. The monoisotopic (exact) mass is 224 g/mol. The molecule has 2 N–H and O–H groups in total. The van der Waals surface area contributed by atoms with Gasteiger partial charge in [0, 0.05) is 24.6 Å². The maximum atomic E-state index is 9.47. The molecule has 1 rings (SSSR count). The molecule has 0 saturated heterocycles. The van der Waals surface area contributed by atoms with Crippen LogP contribution in [0, 0.1) is 22.7 Å². The van der Waals surface area contributed by atoms with E-state index in [1.165, 1.54) is 0 Å². The van der Waals surface area contributed by atoms with Crippen LogP contribution in [0.15, 0.2) is 0 Å². The van der Waals surface area contributed by atoms with E-state index in [1.807, 2.05) is 0 Å². The topological polar surface area (TPSA) is 56.0 Å². The Morgan fingerprint density at radius 2 is 2.06 bits per heavy atom. The molecule has 0 heterocycles. The third-order valence-electron chi connectivity index (χ3n) is 4.26. The van der Waals surface area contributed by atoms with Gasteiger partial charge in [-0.15, -0.1) is 0 Å². The third-order valence-corrected chi connectivity index (χ3v) is 4.26. The molecule has 0 aromatic heterocycles. The Labute approximate surface area is 98.8 Å². The molecule has 1 saturated carbocycles. The lowest BCUT2D eigenvalue weighted by molar-refractivity contribution is 0.109. The molecular formula is C13H24N2O. The first-order valence-corrected chi connectivity index (χ1v) is 6.45. The Morgan fingerprint density at radius 3 is 2.56 bits per heavy atom. The fourth-order valence-corrected chi connectivity index (χ4v) is 2.49. The molecule has 0 aromatic rings. The molecule has 92 valence electrons. The van der Waals surface area contributed by atoms with Crippen LogP contribution in [0.25, 0.3) is 0 Å². The number of hydrogen-bond donors (Lipinski definition) is 2. The Bertz CT molecular complexity index is 235. The predicted molar refractivity (Wildman–Crippen MR) is 64.8 cm³/mol. The van der Waals surface area contributed by atoms with Crippen molar-refractivity contribution in [1.82, 2.24) is 5.32 Å². The fourth-order valence-electron chi connectivity index (χ4n) is 2.49. The molecule has 2 unspecified atom stereocenters. The van der Waals surface area contributed by atoms with Gasteiger partial charge in [0.05, 0.1) is 12.0 Å². The zero-order valence-electron chi connectivity index (χ0n) is 10.5. The highest BCUT2D eigenvalue weighted by Crippen LogP contribution is 2.28. The van der Waals surface area contributed by atoms with E-state index in [0.29, 0.717) is 6.04 Å². The highest BCUT2D eigenvalue weighted by atomic mass is 16.3.